The zero-order chi connectivity index (χ0) is 23.3. The molecule has 1 heterocycles. The third-order valence-corrected chi connectivity index (χ3v) is 6.89. The van der Waals surface area contributed by atoms with Gasteiger partial charge >= 0.3 is 6.03 Å². The molecule has 3 amide bonds. The van der Waals surface area contributed by atoms with Gasteiger partial charge < -0.3 is 15.5 Å². The van der Waals surface area contributed by atoms with Crippen LogP contribution in [0.4, 0.5) is 10.5 Å². The van der Waals surface area contributed by atoms with Crippen LogP contribution in [0.1, 0.15) is 42.6 Å². The van der Waals surface area contributed by atoms with E-state index in [4.69, 9.17) is 11.6 Å². The second kappa shape index (κ2) is 10.3. The first kappa shape index (κ1) is 24.0. The Morgan fingerprint density at radius 3 is 2.50 bits per heavy atom. The Kier molecular flexibility index (Phi) is 7.76. The topological polar surface area (TPSA) is 108 Å². The van der Waals surface area contributed by atoms with E-state index >= 15 is 0 Å². The summed E-state index contributed by atoms with van der Waals surface area (Å²) in [5, 5.41) is 5.77. The number of carbonyl (C=O) groups excluding carboxylic acids is 2. The van der Waals surface area contributed by atoms with E-state index in [1.165, 1.54) is 18.2 Å². The van der Waals surface area contributed by atoms with E-state index in [0.29, 0.717) is 5.69 Å². The van der Waals surface area contributed by atoms with Crippen LogP contribution >= 0.6 is 11.6 Å². The van der Waals surface area contributed by atoms with E-state index in [0.717, 1.165) is 31.5 Å². The van der Waals surface area contributed by atoms with Crippen molar-refractivity contribution in [1.29, 1.82) is 0 Å². The van der Waals surface area contributed by atoms with E-state index in [1.807, 2.05) is 6.07 Å². The van der Waals surface area contributed by atoms with Crippen LogP contribution in [-0.2, 0) is 16.6 Å². The van der Waals surface area contributed by atoms with Gasteiger partial charge in [0.25, 0.3) is 5.91 Å². The number of hydrogen-bond donors (Lipinski definition) is 3. The minimum Gasteiger partial charge on any atom is -0.348 e. The Bertz CT molecular complexity index is 1100. The van der Waals surface area contributed by atoms with Gasteiger partial charge in [-0.15, -0.1) is 0 Å². The summed E-state index contributed by atoms with van der Waals surface area (Å²) in [6.07, 6.45) is 2.02. The summed E-state index contributed by atoms with van der Waals surface area (Å²) < 4.78 is 27.3. The maximum Gasteiger partial charge on any atom is 0.321 e. The molecule has 8 nitrogen and oxygen atoms in total. The number of hydrogen-bond acceptors (Lipinski definition) is 4. The van der Waals surface area contributed by atoms with Crippen molar-refractivity contribution in [2.24, 2.45) is 0 Å². The summed E-state index contributed by atoms with van der Waals surface area (Å²) >= 11 is 6.15. The molecule has 0 aromatic heterocycles. The summed E-state index contributed by atoms with van der Waals surface area (Å²) in [7, 11) is -3.76. The molecule has 0 saturated carbocycles. The molecule has 0 spiro atoms. The Morgan fingerprint density at radius 1 is 1.09 bits per heavy atom. The fourth-order valence-corrected chi connectivity index (χ4v) is 4.86. The van der Waals surface area contributed by atoms with E-state index < -0.39 is 15.9 Å². The van der Waals surface area contributed by atoms with Crippen LogP contribution in [0.25, 0.3) is 0 Å². The lowest BCUT2D eigenvalue weighted by molar-refractivity contribution is 0.0951. The minimum atomic E-state index is -3.76. The van der Waals surface area contributed by atoms with E-state index in [1.54, 1.807) is 36.9 Å². The number of amides is 3. The number of nitrogens with zero attached hydrogens (tertiary/aromatic N) is 1. The van der Waals surface area contributed by atoms with Gasteiger partial charge in [-0.05, 0) is 62.6 Å². The third-order valence-electron chi connectivity index (χ3n) is 4.91. The van der Waals surface area contributed by atoms with Crippen molar-refractivity contribution in [1.82, 2.24) is 14.9 Å². The molecule has 2 aromatic rings. The molecule has 1 saturated heterocycles. The number of anilines is 1. The van der Waals surface area contributed by atoms with Gasteiger partial charge in [-0.3, -0.25) is 4.79 Å². The van der Waals surface area contributed by atoms with Gasteiger partial charge in [0.1, 0.15) is 0 Å². The summed E-state index contributed by atoms with van der Waals surface area (Å²) in [5.41, 5.74) is 1.48. The van der Waals surface area contributed by atoms with Crippen LogP contribution in [0.3, 0.4) is 0 Å². The summed E-state index contributed by atoms with van der Waals surface area (Å²) in [6, 6.07) is 10.8. The van der Waals surface area contributed by atoms with Gasteiger partial charge in [-0.25, -0.2) is 17.9 Å². The minimum absolute atomic E-state index is 0.0348. The zero-order valence-electron chi connectivity index (χ0n) is 18.0. The van der Waals surface area contributed by atoms with E-state index in [9.17, 15) is 18.0 Å². The van der Waals surface area contributed by atoms with Gasteiger partial charge in [0.15, 0.2) is 0 Å². The third kappa shape index (κ3) is 6.21. The molecule has 32 heavy (non-hydrogen) atoms. The van der Waals surface area contributed by atoms with Crippen molar-refractivity contribution in [3.8, 4) is 0 Å². The second-order valence-corrected chi connectivity index (χ2v) is 10.0. The molecule has 0 radical (unpaired) electrons. The molecule has 172 valence electrons. The van der Waals surface area contributed by atoms with Crippen LogP contribution in [0.15, 0.2) is 47.4 Å². The number of halogens is 1. The Labute approximate surface area is 193 Å². The number of carbonyl (C=O) groups is 2. The Balaban J connectivity index is 1.67. The number of nitrogens with one attached hydrogen (secondary N) is 3. The number of benzene rings is 2. The number of sulfonamides is 1. The average molecular weight is 479 g/mol. The smallest absolute Gasteiger partial charge is 0.321 e. The van der Waals surface area contributed by atoms with Gasteiger partial charge in [0.2, 0.25) is 10.0 Å². The fraction of sp³-hybridized carbons (Fsp3) is 0.364. The van der Waals surface area contributed by atoms with Gasteiger partial charge in [0, 0.05) is 31.4 Å². The van der Waals surface area contributed by atoms with Crippen molar-refractivity contribution in [3.63, 3.8) is 0 Å². The molecule has 0 bridgehead atoms. The Morgan fingerprint density at radius 2 is 1.81 bits per heavy atom. The van der Waals surface area contributed by atoms with Crippen molar-refractivity contribution < 1.29 is 18.0 Å². The fourth-order valence-electron chi connectivity index (χ4n) is 3.38. The van der Waals surface area contributed by atoms with Crippen molar-refractivity contribution in [2.45, 2.75) is 44.2 Å². The summed E-state index contributed by atoms with van der Waals surface area (Å²) in [6.45, 7) is 5.11. The SMILES string of the molecule is CC(C)NS(=O)(=O)c1ccc(Cl)c(C(=O)NCc2cccc(NC(=O)N3CCCC3)c2)c1. The summed E-state index contributed by atoms with van der Waals surface area (Å²) in [5.74, 6) is -0.497. The first-order valence-electron chi connectivity index (χ1n) is 10.4. The second-order valence-electron chi connectivity index (χ2n) is 7.93. The molecule has 1 aliphatic rings. The number of rotatable bonds is 7. The number of urea groups is 1. The quantitative estimate of drug-likeness (QED) is 0.565. The molecule has 2 aromatic carbocycles. The van der Waals surface area contributed by atoms with Gasteiger partial charge in [-0.1, -0.05) is 23.7 Å². The molecule has 10 heteroatoms. The predicted molar refractivity (Wildman–Crippen MR) is 124 cm³/mol. The normalized spacial score (nSPS) is 13.9. The van der Waals surface area contributed by atoms with E-state index in [-0.39, 0.29) is 34.1 Å². The highest BCUT2D eigenvalue weighted by Gasteiger charge is 2.20. The first-order valence-corrected chi connectivity index (χ1v) is 12.3. The maximum absolute atomic E-state index is 12.7. The lowest BCUT2D eigenvalue weighted by Gasteiger charge is -2.16. The molecule has 0 unspecified atom stereocenters. The largest absolute Gasteiger partial charge is 0.348 e. The number of likely N-dealkylation sites (tertiary alicyclic amines) is 1. The van der Waals surface area contributed by atoms with Crippen LogP contribution in [0.2, 0.25) is 5.02 Å². The predicted octanol–water partition coefficient (Wildman–Crippen LogP) is 3.58. The highest BCUT2D eigenvalue weighted by molar-refractivity contribution is 7.89. The highest BCUT2D eigenvalue weighted by Crippen LogP contribution is 2.21. The van der Waals surface area contributed by atoms with Crippen LogP contribution in [0.5, 0.6) is 0 Å². The van der Waals surface area contributed by atoms with Crippen LogP contribution < -0.4 is 15.4 Å². The van der Waals surface area contributed by atoms with Gasteiger partial charge in [-0.2, -0.15) is 0 Å². The monoisotopic (exact) mass is 478 g/mol. The molecule has 3 rings (SSSR count). The zero-order valence-corrected chi connectivity index (χ0v) is 19.6. The van der Waals surface area contributed by atoms with Crippen molar-refractivity contribution in [3.05, 3.63) is 58.6 Å². The van der Waals surface area contributed by atoms with Gasteiger partial charge in [0.05, 0.1) is 15.5 Å². The van der Waals surface area contributed by atoms with Crippen molar-refractivity contribution >= 4 is 39.2 Å². The molecule has 0 atom stereocenters. The van der Waals surface area contributed by atoms with E-state index in [2.05, 4.69) is 15.4 Å². The molecule has 3 N–H and O–H groups in total. The lowest BCUT2D eigenvalue weighted by atomic mass is 10.1. The average Bonchev–Trinajstić information content (AvgIpc) is 3.26. The summed E-state index contributed by atoms with van der Waals surface area (Å²) in [4.78, 5) is 26.7. The molecule has 1 aliphatic heterocycles. The van der Waals surface area contributed by atoms with Crippen LogP contribution in [-0.4, -0.2) is 44.4 Å². The molecule has 1 fully saturated rings. The first-order chi connectivity index (χ1) is 15.2. The lowest BCUT2D eigenvalue weighted by Crippen LogP contribution is -2.32. The molecule has 0 aliphatic carbocycles. The van der Waals surface area contributed by atoms with Crippen molar-refractivity contribution in [2.75, 3.05) is 18.4 Å². The van der Waals surface area contributed by atoms with Crippen LogP contribution in [0, 0.1) is 0 Å². The Hall–Kier alpha value is -2.62. The standard InChI is InChI=1S/C22H27ClN4O4S/c1-15(2)26-32(30,31)18-8-9-20(23)19(13-18)21(28)24-14-16-6-5-7-17(12-16)25-22(29)27-10-3-4-11-27/h5-9,12-13,15,26H,3-4,10-11,14H2,1-2H3,(H,24,28)(H,25,29). The maximum atomic E-state index is 12.7. The highest BCUT2D eigenvalue weighted by atomic mass is 35.5. The molecular weight excluding hydrogens is 452 g/mol. The molecular formula is C22H27ClN4O4S.